The highest BCUT2D eigenvalue weighted by molar-refractivity contribution is 4.91. The molecule has 3 aliphatic heterocycles. The van der Waals surface area contributed by atoms with E-state index in [9.17, 15) is 0 Å². The third kappa shape index (κ3) is 1.49. The van der Waals surface area contributed by atoms with Gasteiger partial charge in [-0.1, -0.05) is 0 Å². The van der Waals surface area contributed by atoms with Crippen molar-refractivity contribution in [2.45, 2.75) is 50.1 Å². The molecule has 0 aromatic heterocycles. The summed E-state index contributed by atoms with van der Waals surface area (Å²) in [6, 6.07) is 0. The lowest BCUT2D eigenvalue weighted by Gasteiger charge is -2.22. The lowest BCUT2D eigenvalue weighted by molar-refractivity contribution is -0.0380. The van der Waals surface area contributed by atoms with Crippen LogP contribution in [0, 0.1) is 0 Å². The summed E-state index contributed by atoms with van der Waals surface area (Å²) in [6.07, 6.45) is 6.59. The van der Waals surface area contributed by atoms with E-state index in [0.29, 0.717) is 24.4 Å². The molecule has 3 nitrogen and oxygen atoms in total. The minimum Gasteiger partial charge on any atom is -0.372 e. The molecule has 3 fully saturated rings. The first-order valence-corrected chi connectivity index (χ1v) is 5.43. The number of fused-ring (bicyclic) bond motifs is 2. The zero-order valence-corrected chi connectivity index (χ0v) is 7.87. The number of hydrogen-bond donors (Lipinski definition) is 1. The molecule has 0 spiro atoms. The molecule has 3 saturated heterocycles. The molecule has 1 N–H and O–H groups in total. The van der Waals surface area contributed by atoms with E-state index in [1.54, 1.807) is 0 Å². The molecule has 3 aliphatic rings. The molecule has 3 heteroatoms. The van der Waals surface area contributed by atoms with Crippen LogP contribution in [0.3, 0.4) is 0 Å². The fraction of sp³-hybridized carbons (Fsp3) is 1.00. The van der Waals surface area contributed by atoms with Crippen molar-refractivity contribution in [2.75, 3.05) is 13.1 Å². The summed E-state index contributed by atoms with van der Waals surface area (Å²) in [6.45, 7) is 2.15. The van der Waals surface area contributed by atoms with Crippen LogP contribution in [0.4, 0.5) is 0 Å². The Balaban J connectivity index is 1.55. The molecule has 13 heavy (non-hydrogen) atoms. The molecule has 0 amide bonds. The molecule has 3 heterocycles. The lowest BCUT2D eigenvalue weighted by Crippen LogP contribution is -2.31. The van der Waals surface area contributed by atoms with E-state index in [0.717, 1.165) is 19.5 Å². The lowest BCUT2D eigenvalue weighted by atomic mass is 9.97. The van der Waals surface area contributed by atoms with Gasteiger partial charge >= 0.3 is 0 Å². The summed E-state index contributed by atoms with van der Waals surface area (Å²) >= 11 is 0. The van der Waals surface area contributed by atoms with Crippen LogP contribution in [0.1, 0.15) is 25.7 Å². The first-order chi connectivity index (χ1) is 6.42. The molecular weight excluding hydrogens is 166 g/mol. The van der Waals surface area contributed by atoms with Crippen LogP contribution >= 0.6 is 0 Å². The van der Waals surface area contributed by atoms with Gasteiger partial charge in [-0.05, 0) is 25.8 Å². The third-order valence-electron chi connectivity index (χ3n) is 3.43. The van der Waals surface area contributed by atoms with Crippen LogP contribution in [-0.4, -0.2) is 37.5 Å². The van der Waals surface area contributed by atoms with E-state index >= 15 is 0 Å². The Kier molecular flexibility index (Phi) is 2.04. The van der Waals surface area contributed by atoms with Gasteiger partial charge in [0.25, 0.3) is 0 Å². The Bertz CT molecular complexity index is 191. The fourth-order valence-corrected chi connectivity index (χ4v) is 2.73. The van der Waals surface area contributed by atoms with E-state index in [2.05, 4.69) is 5.32 Å². The summed E-state index contributed by atoms with van der Waals surface area (Å²) in [4.78, 5) is 0. The molecule has 74 valence electrons. The second-order valence-electron chi connectivity index (χ2n) is 4.40. The predicted molar refractivity (Wildman–Crippen MR) is 48.7 cm³/mol. The van der Waals surface area contributed by atoms with Crippen LogP contribution in [0.5, 0.6) is 0 Å². The van der Waals surface area contributed by atoms with Crippen molar-refractivity contribution >= 4 is 0 Å². The maximum atomic E-state index is 6.02. The molecule has 3 rings (SSSR count). The molecule has 2 bridgehead atoms. The zero-order chi connectivity index (χ0) is 8.67. The molecule has 0 aromatic carbocycles. The van der Waals surface area contributed by atoms with Crippen molar-refractivity contribution in [3.63, 3.8) is 0 Å². The van der Waals surface area contributed by atoms with Crippen molar-refractivity contribution < 1.29 is 9.47 Å². The molecular formula is C10H17NO2. The van der Waals surface area contributed by atoms with Gasteiger partial charge in [-0.3, -0.25) is 0 Å². The average Bonchev–Trinajstić information content (AvgIpc) is 2.77. The Morgan fingerprint density at radius 2 is 2.23 bits per heavy atom. The Morgan fingerprint density at radius 3 is 2.85 bits per heavy atom. The van der Waals surface area contributed by atoms with Gasteiger partial charge in [-0.15, -0.1) is 0 Å². The van der Waals surface area contributed by atoms with Crippen LogP contribution in [-0.2, 0) is 9.47 Å². The molecule has 4 unspecified atom stereocenters. The maximum absolute atomic E-state index is 6.02. The standard InChI is InChI=1S/C10H17NO2/c1-2-9-10(5-7(1)12-9)13-8-3-4-11-6-8/h7-11H,1-6H2. The highest BCUT2D eigenvalue weighted by Gasteiger charge is 2.42. The number of nitrogens with one attached hydrogen (secondary N) is 1. The van der Waals surface area contributed by atoms with Crippen LogP contribution < -0.4 is 5.32 Å². The molecule has 0 radical (unpaired) electrons. The third-order valence-corrected chi connectivity index (χ3v) is 3.43. The minimum atomic E-state index is 0.406. The monoisotopic (exact) mass is 183 g/mol. The highest BCUT2D eigenvalue weighted by atomic mass is 16.6. The molecule has 0 aromatic rings. The quantitative estimate of drug-likeness (QED) is 0.683. The Labute approximate surface area is 78.8 Å². The Hall–Kier alpha value is -0.120. The summed E-state index contributed by atoms with van der Waals surface area (Å²) in [5.74, 6) is 0. The Morgan fingerprint density at radius 1 is 1.23 bits per heavy atom. The highest BCUT2D eigenvalue weighted by Crippen LogP contribution is 2.36. The largest absolute Gasteiger partial charge is 0.372 e. The van der Waals surface area contributed by atoms with E-state index in [4.69, 9.17) is 9.47 Å². The van der Waals surface area contributed by atoms with E-state index < -0.39 is 0 Å². The van der Waals surface area contributed by atoms with Gasteiger partial charge in [0.15, 0.2) is 0 Å². The van der Waals surface area contributed by atoms with E-state index in [-0.39, 0.29) is 0 Å². The van der Waals surface area contributed by atoms with Crippen LogP contribution in [0.15, 0.2) is 0 Å². The topological polar surface area (TPSA) is 30.5 Å². The summed E-state index contributed by atoms with van der Waals surface area (Å²) in [5, 5.41) is 3.32. The second kappa shape index (κ2) is 3.23. The van der Waals surface area contributed by atoms with Crippen LogP contribution in [0.25, 0.3) is 0 Å². The molecule has 0 aliphatic carbocycles. The summed E-state index contributed by atoms with van der Waals surface area (Å²) < 4.78 is 11.8. The first kappa shape index (κ1) is 8.21. The van der Waals surface area contributed by atoms with Crippen LogP contribution in [0.2, 0.25) is 0 Å². The van der Waals surface area contributed by atoms with E-state index in [1.807, 2.05) is 0 Å². The summed E-state index contributed by atoms with van der Waals surface area (Å²) in [5.41, 5.74) is 0. The second-order valence-corrected chi connectivity index (χ2v) is 4.40. The van der Waals surface area contributed by atoms with Gasteiger partial charge in [0.05, 0.1) is 24.4 Å². The van der Waals surface area contributed by atoms with Gasteiger partial charge in [-0.2, -0.15) is 0 Å². The number of ether oxygens (including phenoxy) is 2. The van der Waals surface area contributed by atoms with Crippen molar-refractivity contribution in [2.24, 2.45) is 0 Å². The number of hydrogen-bond acceptors (Lipinski definition) is 3. The SMILES string of the molecule is C1CC(OC2CC3CCC2O3)CN1. The molecule has 4 atom stereocenters. The van der Waals surface area contributed by atoms with Gasteiger partial charge in [0.1, 0.15) is 0 Å². The van der Waals surface area contributed by atoms with Crippen molar-refractivity contribution in [3.8, 4) is 0 Å². The predicted octanol–water partition coefficient (Wildman–Crippen LogP) is 0.685. The maximum Gasteiger partial charge on any atom is 0.0865 e. The average molecular weight is 183 g/mol. The summed E-state index contributed by atoms with van der Waals surface area (Å²) in [7, 11) is 0. The van der Waals surface area contributed by atoms with Gasteiger partial charge in [0.2, 0.25) is 0 Å². The van der Waals surface area contributed by atoms with E-state index in [1.165, 1.54) is 19.3 Å². The van der Waals surface area contributed by atoms with Crippen molar-refractivity contribution in [1.82, 2.24) is 5.32 Å². The van der Waals surface area contributed by atoms with Crippen molar-refractivity contribution in [3.05, 3.63) is 0 Å². The zero-order valence-electron chi connectivity index (χ0n) is 7.87. The van der Waals surface area contributed by atoms with Gasteiger partial charge in [0, 0.05) is 13.0 Å². The smallest absolute Gasteiger partial charge is 0.0865 e. The minimum absolute atomic E-state index is 0.406. The van der Waals surface area contributed by atoms with Gasteiger partial charge in [-0.25, -0.2) is 0 Å². The first-order valence-electron chi connectivity index (χ1n) is 5.43. The fourth-order valence-electron chi connectivity index (χ4n) is 2.73. The van der Waals surface area contributed by atoms with Gasteiger partial charge < -0.3 is 14.8 Å². The van der Waals surface area contributed by atoms with Crippen molar-refractivity contribution in [1.29, 1.82) is 0 Å². The normalized spacial score (nSPS) is 48.9. The number of rotatable bonds is 2. The molecule has 0 saturated carbocycles.